The number of aromatic nitrogens is 2. The van der Waals surface area contributed by atoms with Crippen LogP contribution >= 0.6 is 23.1 Å². The molecule has 6 N–H and O–H groups in total. The molecule has 3 aromatic rings. The Balaban J connectivity index is 0.00000205. The summed E-state index contributed by atoms with van der Waals surface area (Å²) in [5, 5.41) is 8.03. The van der Waals surface area contributed by atoms with Crippen molar-refractivity contribution in [1.29, 1.82) is 0 Å². The molecule has 1 aliphatic carbocycles. The molecule has 1 saturated carbocycles. The van der Waals surface area contributed by atoms with Gasteiger partial charge in [0.2, 0.25) is 5.91 Å². The van der Waals surface area contributed by atoms with Gasteiger partial charge in [0, 0.05) is 27.1 Å². The number of aliphatic imine (C=N–C) groups is 1. The van der Waals surface area contributed by atoms with Crippen LogP contribution in [0.2, 0.25) is 0 Å². The summed E-state index contributed by atoms with van der Waals surface area (Å²) in [5.74, 6) is 0.401. The van der Waals surface area contributed by atoms with Crippen LogP contribution in [-0.2, 0) is 11.3 Å². The monoisotopic (exact) mass is 566 g/mol. The zero-order valence-corrected chi connectivity index (χ0v) is 24.1. The molecule has 12 heteroatoms. The topological polar surface area (TPSA) is 146 Å². The van der Waals surface area contributed by atoms with E-state index in [1.165, 1.54) is 11.8 Å². The molecule has 0 bridgehead atoms. The lowest BCUT2D eigenvalue weighted by molar-refractivity contribution is -0.117. The van der Waals surface area contributed by atoms with E-state index >= 15 is 0 Å². The number of nitrogens with one attached hydrogen (secondary N) is 4. The molecule has 10 nitrogen and oxygen atoms in total. The summed E-state index contributed by atoms with van der Waals surface area (Å²) in [6, 6.07) is 11.2. The minimum Gasteiger partial charge on any atom is -0.394 e. The number of hydrogen-bond donors (Lipinski definition) is 5. The number of amidine groups is 1. The van der Waals surface area contributed by atoms with Gasteiger partial charge in [-0.15, -0.1) is 11.3 Å². The highest BCUT2D eigenvalue weighted by Crippen LogP contribution is 2.32. The Kier molecular flexibility index (Phi) is 10.9. The van der Waals surface area contributed by atoms with E-state index in [-0.39, 0.29) is 29.0 Å². The van der Waals surface area contributed by atoms with E-state index < -0.39 is 5.91 Å². The molecule has 1 fully saturated rings. The summed E-state index contributed by atoms with van der Waals surface area (Å²) in [7, 11) is 0. The number of carbonyl (C=O) groups excluding carboxylic acids is 2. The first-order valence-corrected chi connectivity index (χ1v) is 14.3. The third-order valence-corrected chi connectivity index (χ3v) is 6.88. The lowest BCUT2D eigenvalue weighted by Crippen LogP contribution is -2.33. The van der Waals surface area contributed by atoms with Crippen molar-refractivity contribution in [3.63, 3.8) is 0 Å². The van der Waals surface area contributed by atoms with Crippen LogP contribution in [-0.4, -0.2) is 27.6 Å². The lowest BCUT2D eigenvalue weighted by Gasteiger charge is -2.12. The van der Waals surface area contributed by atoms with Crippen molar-refractivity contribution < 1.29 is 9.59 Å². The molecule has 0 spiro atoms. The van der Waals surface area contributed by atoms with E-state index in [0.717, 1.165) is 28.3 Å². The molecule has 206 valence electrons. The Morgan fingerprint density at radius 1 is 1.13 bits per heavy atom. The van der Waals surface area contributed by atoms with Crippen molar-refractivity contribution in [3.05, 3.63) is 64.6 Å². The molecule has 2 amide bonds. The van der Waals surface area contributed by atoms with Gasteiger partial charge < -0.3 is 21.8 Å². The maximum Gasteiger partial charge on any atom is 0.272 e. The zero-order chi connectivity index (χ0) is 28.4. The number of rotatable bonds is 10. The maximum absolute atomic E-state index is 13.0. The van der Waals surface area contributed by atoms with Crippen molar-refractivity contribution in [2.24, 2.45) is 10.9 Å². The van der Waals surface area contributed by atoms with E-state index in [4.69, 9.17) is 5.73 Å². The van der Waals surface area contributed by atoms with Gasteiger partial charge in [-0.3, -0.25) is 15.0 Å². The van der Waals surface area contributed by atoms with Crippen molar-refractivity contribution >= 4 is 57.9 Å². The van der Waals surface area contributed by atoms with E-state index in [1.807, 2.05) is 55.6 Å². The van der Waals surface area contributed by atoms with Crippen molar-refractivity contribution in [2.45, 2.75) is 57.1 Å². The molecule has 2 aromatic heterocycles. The Hall–Kier alpha value is -3.90. The highest BCUT2D eigenvalue weighted by Gasteiger charge is 2.29. The fourth-order valence-electron chi connectivity index (χ4n) is 3.09. The molecule has 0 radical (unpaired) electrons. The summed E-state index contributed by atoms with van der Waals surface area (Å²) in [5.41, 5.74) is 13.6. The van der Waals surface area contributed by atoms with Gasteiger partial charge in [0.1, 0.15) is 11.5 Å². The van der Waals surface area contributed by atoms with E-state index in [9.17, 15) is 9.59 Å². The SMILES string of the molecule is C=C(C)NNC(C)=Nc1nc(Sc2ccc(NC(=O)C3CC3)cc2)nc(C(=O)NCc2cccs2)c1N.CC. The van der Waals surface area contributed by atoms with Gasteiger partial charge in [-0.05, 0) is 74.2 Å². The molecule has 1 aromatic carbocycles. The number of amides is 2. The highest BCUT2D eigenvalue weighted by atomic mass is 32.2. The van der Waals surface area contributed by atoms with E-state index in [0.29, 0.717) is 23.2 Å². The van der Waals surface area contributed by atoms with Crippen LogP contribution in [0.3, 0.4) is 0 Å². The van der Waals surface area contributed by atoms with Gasteiger partial charge in [-0.2, -0.15) is 0 Å². The first-order valence-electron chi connectivity index (χ1n) is 12.6. The number of thiophene rings is 1. The number of nitrogens with two attached hydrogens (primary N) is 1. The van der Waals surface area contributed by atoms with Crippen LogP contribution < -0.4 is 27.2 Å². The minimum absolute atomic E-state index is 0.0433. The van der Waals surface area contributed by atoms with E-state index in [1.54, 1.807) is 25.2 Å². The summed E-state index contributed by atoms with van der Waals surface area (Å²) in [6.45, 7) is 11.7. The van der Waals surface area contributed by atoms with Crippen LogP contribution in [0.4, 0.5) is 17.2 Å². The number of hydrogen-bond acceptors (Lipinski definition) is 9. The Morgan fingerprint density at radius 3 is 2.46 bits per heavy atom. The Bertz CT molecular complexity index is 1320. The second-order valence-corrected chi connectivity index (χ2v) is 10.5. The Labute approximate surface area is 237 Å². The van der Waals surface area contributed by atoms with Gasteiger partial charge in [0.15, 0.2) is 16.7 Å². The molecular weight excluding hydrogens is 532 g/mol. The third kappa shape index (κ3) is 9.11. The quantitative estimate of drug-likeness (QED) is 0.0967. The van der Waals surface area contributed by atoms with Crippen LogP contribution in [0.25, 0.3) is 0 Å². The normalized spacial score (nSPS) is 12.6. The average Bonchev–Trinajstić information content (AvgIpc) is 3.65. The van der Waals surface area contributed by atoms with Gasteiger partial charge in [0.25, 0.3) is 5.91 Å². The van der Waals surface area contributed by atoms with Crippen LogP contribution in [0.15, 0.2) is 69.1 Å². The predicted octanol–water partition coefficient (Wildman–Crippen LogP) is 5.25. The van der Waals surface area contributed by atoms with Crippen molar-refractivity contribution in [1.82, 2.24) is 26.1 Å². The molecule has 39 heavy (non-hydrogen) atoms. The molecule has 0 aliphatic heterocycles. The fourth-order valence-corrected chi connectivity index (χ4v) is 4.49. The molecule has 2 heterocycles. The number of hydrazine groups is 1. The zero-order valence-electron chi connectivity index (χ0n) is 22.5. The molecule has 4 rings (SSSR count). The summed E-state index contributed by atoms with van der Waals surface area (Å²) < 4.78 is 0. The van der Waals surface area contributed by atoms with Gasteiger partial charge >= 0.3 is 0 Å². The molecule has 0 atom stereocenters. The number of nitrogens with zero attached hydrogens (tertiary/aromatic N) is 3. The lowest BCUT2D eigenvalue weighted by atomic mass is 10.3. The first kappa shape index (κ1) is 29.7. The standard InChI is InChI=1S/C25H28N8O2S2.C2H6/c1-14(2)32-33-15(3)28-22-20(26)21(24(35)27-13-19-5-4-12-36-19)30-25(31-22)37-18-10-8-17(9-11-18)29-23(34)16-6-7-16;1-2/h4-5,8-12,16,32H,1,6-7,13,26H2,2-3H3,(H,27,35)(H,29,34)(H,28,30,31,33);1-2H3. The maximum atomic E-state index is 13.0. The number of benzene rings is 1. The summed E-state index contributed by atoms with van der Waals surface area (Å²) >= 11 is 2.81. The number of allylic oxidation sites excluding steroid dienone is 1. The third-order valence-electron chi connectivity index (χ3n) is 5.13. The predicted molar refractivity (Wildman–Crippen MR) is 159 cm³/mol. The average molecular weight is 567 g/mol. The highest BCUT2D eigenvalue weighted by molar-refractivity contribution is 7.99. The molecular formula is C27H34N8O2S2. The fraction of sp³-hybridized carbons (Fsp3) is 0.296. The minimum atomic E-state index is -0.421. The van der Waals surface area contributed by atoms with Gasteiger partial charge in [-0.25, -0.2) is 15.0 Å². The van der Waals surface area contributed by atoms with Crippen molar-refractivity contribution in [2.75, 3.05) is 11.1 Å². The van der Waals surface area contributed by atoms with Crippen LogP contribution in [0.1, 0.15) is 55.9 Å². The summed E-state index contributed by atoms with van der Waals surface area (Å²) in [4.78, 5) is 40.2. The van der Waals surface area contributed by atoms with Crippen molar-refractivity contribution in [3.8, 4) is 0 Å². The number of nitrogen functional groups attached to an aromatic ring is 1. The summed E-state index contributed by atoms with van der Waals surface area (Å²) in [6.07, 6.45) is 1.89. The first-order chi connectivity index (χ1) is 18.8. The molecule has 1 aliphatic rings. The number of anilines is 2. The Morgan fingerprint density at radius 2 is 1.85 bits per heavy atom. The second-order valence-electron chi connectivity index (χ2n) is 8.47. The van der Waals surface area contributed by atoms with E-state index in [2.05, 4.69) is 43.0 Å². The number of carbonyl (C=O) groups is 2. The van der Waals surface area contributed by atoms with Crippen LogP contribution in [0.5, 0.6) is 0 Å². The molecule has 0 saturated heterocycles. The molecule has 0 unspecified atom stereocenters. The second kappa shape index (κ2) is 14.3. The van der Waals surface area contributed by atoms with Gasteiger partial charge in [-0.1, -0.05) is 26.5 Å². The smallest absolute Gasteiger partial charge is 0.272 e. The van der Waals surface area contributed by atoms with Gasteiger partial charge in [0.05, 0.1) is 6.54 Å². The van der Waals surface area contributed by atoms with Crippen LogP contribution in [0, 0.1) is 5.92 Å². The largest absolute Gasteiger partial charge is 0.394 e.